The van der Waals surface area contributed by atoms with E-state index in [-0.39, 0.29) is 11.4 Å². The molecule has 1 amide bonds. The van der Waals surface area contributed by atoms with Gasteiger partial charge in [0.2, 0.25) is 0 Å². The molecular formula is C16H11INO4-. The van der Waals surface area contributed by atoms with Crippen LogP contribution >= 0.6 is 22.6 Å². The Morgan fingerprint density at radius 2 is 1.73 bits per heavy atom. The molecule has 0 heterocycles. The van der Waals surface area contributed by atoms with Crippen LogP contribution in [0.2, 0.25) is 0 Å². The third-order valence-corrected chi connectivity index (χ3v) is 3.73. The predicted octanol–water partition coefficient (Wildman–Crippen LogP) is 2.22. The number of rotatable bonds is 4. The SMILES string of the molecule is O=C(O)/C(=C\c1ccc([O-])cc1)NC(=O)c1ccccc1I. The summed E-state index contributed by atoms with van der Waals surface area (Å²) in [6, 6.07) is 12.5. The zero-order valence-electron chi connectivity index (χ0n) is 11.2. The summed E-state index contributed by atoms with van der Waals surface area (Å²) in [4.78, 5) is 23.4. The lowest BCUT2D eigenvalue weighted by atomic mass is 10.1. The highest BCUT2D eigenvalue weighted by Crippen LogP contribution is 2.13. The second-order valence-electron chi connectivity index (χ2n) is 4.37. The highest BCUT2D eigenvalue weighted by molar-refractivity contribution is 14.1. The van der Waals surface area contributed by atoms with Crippen LogP contribution in [-0.2, 0) is 4.79 Å². The van der Waals surface area contributed by atoms with Crippen LogP contribution in [0.15, 0.2) is 54.2 Å². The van der Waals surface area contributed by atoms with Gasteiger partial charge in [-0.15, -0.1) is 5.75 Å². The molecule has 2 aromatic carbocycles. The Labute approximate surface area is 140 Å². The highest BCUT2D eigenvalue weighted by Gasteiger charge is 2.15. The highest BCUT2D eigenvalue weighted by atomic mass is 127. The summed E-state index contributed by atoms with van der Waals surface area (Å²) in [6.45, 7) is 0. The molecule has 112 valence electrons. The smallest absolute Gasteiger partial charge is 0.352 e. The molecule has 0 aromatic heterocycles. The predicted molar refractivity (Wildman–Crippen MR) is 88.1 cm³/mol. The Hall–Kier alpha value is -2.35. The minimum atomic E-state index is -1.26. The molecule has 0 saturated carbocycles. The van der Waals surface area contributed by atoms with E-state index < -0.39 is 11.9 Å². The minimum Gasteiger partial charge on any atom is -0.872 e. The number of nitrogens with one attached hydrogen (secondary N) is 1. The fourth-order valence-corrected chi connectivity index (χ4v) is 2.35. The van der Waals surface area contributed by atoms with Crippen molar-refractivity contribution in [2.24, 2.45) is 0 Å². The van der Waals surface area contributed by atoms with Crippen molar-refractivity contribution in [3.63, 3.8) is 0 Å². The first-order valence-corrected chi connectivity index (χ1v) is 7.33. The number of hydrogen-bond donors (Lipinski definition) is 2. The van der Waals surface area contributed by atoms with Gasteiger partial charge in [0.25, 0.3) is 5.91 Å². The number of benzene rings is 2. The molecule has 0 aliphatic heterocycles. The van der Waals surface area contributed by atoms with E-state index in [1.54, 1.807) is 24.3 Å². The Bertz CT molecular complexity index is 738. The molecule has 0 atom stereocenters. The molecule has 2 aromatic rings. The van der Waals surface area contributed by atoms with Gasteiger partial charge in [0.1, 0.15) is 5.70 Å². The summed E-state index contributed by atoms with van der Waals surface area (Å²) in [7, 11) is 0. The monoisotopic (exact) mass is 408 g/mol. The molecule has 0 bridgehead atoms. The summed E-state index contributed by atoms with van der Waals surface area (Å²) in [5, 5.41) is 22.6. The summed E-state index contributed by atoms with van der Waals surface area (Å²) >= 11 is 2.00. The standard InChI is InChI=1S/C16H12INO4/c17-13-4-2-1-3-12(13)15(20)18-14(16(21)22)9-10-5-7-11(19)8-6-10/h1-9,19H,(H,18,20)(H,21,22)/p-1/b14-9+. The third-order valence-electron chi connectivity index (χ3n) is 2.79. The molecule has 0 saturated heterocycles. The van der Waals surface area contributed by atoms with Gasteiger partial charge in [0, 0.05) is 3.57 Å². The normalized spacial score (nSPS) is 11.0. The summed E-state index contributed by atoms with van der Waals surface area (Å²) in [5.74, 6) is -1.93. The Morgan fingerprint density at radius 3 is 2.32 bits per heavy atom. The van der Waals surface area contributed by atoms with E-state index in [1.807, 2.05) is 22.6 Å². The van der Waals surface area contributed by atoms with Gasteiger partial charge in [0.05, 0.1) is 5.56 Å². The molecule has 22 heavy (non-hydrogen) atoms. The largest absolute Gasteiger partial charge is 0.872 e. The molecule has 0 aliphatic carbocycles. The Balaban J connectivity index is 2.26. The van der Waals surface area contributed by atoms with Crippen molar-refractivity contribution in [3.05, 3.63) is 68.9 Å². The van der Waals surface area contributed by atoms with Crippen molar-refractivity contribution < 1.29 is 19.8 Å². The molecule has 6 heteroatoms. The number of carbonyl (C=O) groups is 2. The average Bonchev–Trinajstić information content (AvgIpc) is 2.49. The molecule has 0 unspecified atom stereocenters. The van der Waals surface area contributed by atoms with Crippen molar-refractivity contribution in [2.45, 2.75) is 0 Å². The van der Waals surface area contributed by atoms with Crippen molar-refractivity contribution in [1.29, 1.82) is 0 Å². The lowest BCUT2D eigenvalue weighted by Crippen LogP contribution is -2.27. The Kier molecular flexibility index (Phi) is 5.16. The molecule has 2 N–H and O–H groups in total. The van der Waals surface area contributed by atoms with Crippen molar-refractivity contribution in [3.8, 4) is 5.75 Å². The quantitative estimate of drug-likeness (QED) is 0.600. The first-order valence-electron chi connectivity index (χ1n) is 6.25. The van der Waals surface area contributed by atoms with Crippen molar-refractivity contribution in [1.82, 2.24) is 5.32 Å². The first-order chi connectivity index (χ1) is 10.5. The summed E-state index contributed by atoms with van der Waals surface area (Å²) < 4.78 is 0.720. The van der Waals surface area contributed by atoms with Crippen LogP contribution in [-0.4, -0.2) is 17.0 Å². The summed E-state index contributed by atoms with van der Waals surface area (Å²) in [5.41, 5.74) is 0.647. The van der Waals surface area contributed by atoms with Crippen LogP contribution in [0.1, 0.15) is 15.9 Å². The lowest BCUT2D eigenvalue weighted by molar-refractivity contribution is -0.268. The van der Waals surface area contributed by atoms with Gasteiger partial charge in [-0.25, -0.2) is 4.79 Å². The molecule has 2 rings (SSSR count). The number of carbonyl (C=O) groups excluding carboxylic acids is 1. The fraction of sp³-hybridized carbons (Fsp3) is 0. The van der Waals surface area contributed by atoms with Crippen LogP contribution in [0.4, 0.5) is 0 Å². The van der Waals surface area contributed by atoms with Gasteiger partial charge >= 0.3 is 5.97 Å². The van der Waals surface area contributed by atoms with Crippen LogP contribution in [0.3, 0.4) is 0 Å². The number of carboxylic acids is 1. The maximum absolute atomic E-state index is 12.2. The third kappa shape index (κ3) is 4.08. The van der Waals surface area contributed by atoms with Crippen LogP contribution in [0, 0.1) is 3.57 Å². The van der Waals surface area contributed by atoms with E-state index >= 15 is 0 Å². The van der Waals surface area contributed by atoms with Crippen LogP contribution < -0.4 is 10.4 Å². The molecule has 0 fully saturated rings. The van der Waals surface area contributed by atoms with Gasteiger partial charge in [0.15, 0.2) is 0 Å². The van der Waals surface area contributed by atoms with E-state index in [0.29, 0.717) is 11.1 Å². The van der Waals surface area contributed by atoms with Gasteiger partial charge in [-0.05, 0) is 46.4 Å². The van der Waals surface area contributed by atoms with Crippen LogP contribution in [0.25, 0.3) is 6.08 Å². The molecule has 0 radical (unpaired) electrons. The Morgan fingerprint density at radius 1 is 1.09 bits per heavy atom. The summed E-state index contributed by atoms with van der Waals surface area (Å²) in [6.07, 6.45) is 1.30. The minimum absolute atomic E-state index is 0.170. The van der Waals surface area contributed by atoms with Gasteiger partial charge in [-0.3, -0.25) is 4.79 Å². The number of halogens is 1. The van der Waals surface area contributed by atoms with Crippen LogP contribution in [0.5, 0.6) is 5.75 Å². The van der Waals surface area contributed by atoms with E-state index in [0.717, 1.165) is 3.57 Å². The fourth-order valence-electron chi connectivity index (χ4n) is 1.72. The van der Waals surface area contributed by atoms with E-state index in [1.165, 1.54) is 30.3 Å². The molecular weight excluding hydrogens is 397 g/mol. The molecule has 5 nitrogen and oxygen atoms in total. The molecule has 0 aliphatic rings. The van der Waals surface area contributed by atoms with Crippen molar-refractivity contribution in [2.75, 3.05) is 0 Å². The number of aliphatic carboxylic acids is 1. The zero-order valence-corrected chi connectivity index (χ0v) is 13.4. The molecule has 0 spiro atoms. The number of amides is 1. The zero-order chi connectivity index (χ0) is 16.1. The lowest BCUT2D eigenvalue weighted by Gasteiger charge is -2.08. The number of carboxylic acid groups (broad SMARTS) is 1. The van der Waals surface area contributed by atoms with Gasteiger partial charge < -0.3 is 15.5 Å². The second kappa shape index (κ2) is 7.08. The van der Waals surface area contributed by atoms with Crippen molar-refractivity contribution >= 4 is 40.5 Å². The van der Waals surface area contributed by atoms with E-state index in [9.17, 15) is 19.8 Å². The van der Waals surface area contributed by atoms with Gasteiger partial charge in [-0.2, -0.15) is 0 Å². The maximum Gasteiger partial charge on any atom is 0.352 e. The maximum atomic E-state index is 12.2. The average molecular weight is 408 g/mol. The topological polar surface area (TPSA) is 89.5 Å². The first kappa shape index (κ1) is 16.0. The second-order valence-corrected chi connectivity index (χ2v) is 5.53. The van der Waals surface area contributed by atoms with Gasteiger partial charge in [-0.1, -0.05) is 36.4 Å². The van der Waals surface area contributed by atoms with E-state index in [4.69, 9.17) is 0 Å². The van der Waals surface area contributed by atoms with E-state index in [2.05, 4.69) is 5.32 Å². The number of hydrogen-bond acceptors (Lipinski definition) is 3.